The van der Waals surface area contributed by atoms with Gasteiger partial charge in [0.15, 0.2) is 5.78 Å². The molecule has 0 saturated carbocycles. The minimum absolute atomic E-state index is 0.299. The zero-order chi connectivity index (χ0) is 14.5. The summed E-state index contributed by atoms with van der Waals surface area (Å²) < 4.78 is 1.62. The van der Waals surface area contributed by atoms with E-state index in [0.717, 1.165) is 4.90 Å². The first kappa shape index (κ1) is 14.1. The monoisotopic (exact) mass is 289 g/mol. The lowest BCUT2D eigenvalue weighted by Crippen LogP contribution is -2.18. The topological polar surface area (TPSA) is 76.4 Å². The van der Waals surface area contributed by atoms with Crippen LogP contribution < -0.4 is 0 Å². The summed E-state index contributed by atoms with van der Waals surface area (Å²) in [5.41, 5.74) is 0.299. The molecule has 2 aromatic rings. The first-order chi connectivity index (χ1) is 9.58. The SMILES string of the molecule is O=C(O)C(=O)CC(=O)c1cccn1Sc1ccccc1. The molecule has 0 unspecified atom stereocenters. The van der Waals surface area contributed by atoms with Crippen LogP contribution in [0.5, 0.6) is 0 Å². The molecule has 1 aromatic carbocycles. The summed E-state index contributed by atoms with van der Waals surface area (Å²) in [7, 11) is 0. The number of carboxylic acid groups (broad SMARTS) is 1. The second-order valence-electron chi connectivity index (χ2n) is 3.95. The van der Waals surface area contributed by atoms with Crippen LogP contribution in [0.2, 0.25) is 0 Å². The standard InChI is InChI=1S/C14H11NO4S/c16-12(9-13(17)14(18)19)11-7-4-8-15(11)20-10-5-2-1-3-6-10/h1-8H,9H2,(H,18,19). The van der Waals surface area contributed by atoms with Gasteiger partial charge in [-0.05, 0) is 36.2 Å². The first-order valence-electron chi connectivity index (χ1n) is 5.78. The molecule has 0 amide bonds. The quantitative estimate of drug-likeness (QED) is 0.501. The summed E-state index contributed by atoms with van der Waals surface area (Å²) in [4.78, 5) is 34.4. The zero-order valence-electron chi connectivity index (χ0n) is 10.4. The number of ketones is 2. The van der Waals surface area contributed by atoms with E-state index in [0.29, 0.717) is 5.69 Å². The molecule has 0 atom stereocenters. The molecular formula is C14H11NO4S. The van der Waals surface area contributed by atoms with E-state index < -0.39 is 24.0 Å². The average Bonchev–Trinajstić information content (AvgIpc) is 2.88. The molecule has 2 rings (SSSR count). The van der Waals surface area contributed by atoms with Crippen LogP contribution in [0.15, 0.2) is 53.6 Å². The molecule has 0 bridgehead atoms. The Morgan fingerprint density at radius 2 is 1.75 bits per heavy atom. The lowest BCUT2D eigenvalue weighted by atomic mass is 10.1. The molecule has 20 heavy (non-hydrogen) atoms. The number of carbonyl (C=O) groups excluding carboxylic acids is 2. The number of hydrogen-bond donors (Lipinski definition) is 1. The molecule has 6 heteroatoms. The summed E-state index contributed by atoms with van der Waals surface area (Å²) in [5, 5.41) is 8.52. The van der Waals surface area contributed by atoms with Gasteiger partial charge in [-0.15, -0.1) is 0 Å². The normalized spacial score (nSPS) is 10.2. The molecule has 1 N–H and O–H groups in total. The highest BCUT2D eigenvalue weighted by Gasteiger charge is 2.20. The summed E-state index contributed by atoms with van der Waals surface area (Å²) in [6.45, 7) is 0. The van der Waals surface area contributed by atoms with Crippen molar-refractivity contribution in [3.05, 3.63) is 54.4 Å². The number of benzene rings is 1. The van der Waals surface area contributed by atoms with Gasteiger partial charge in [0.05, 0.1) is 12.1 Å². The van der Waals surface area contributed by atoms with Crippen LogP contribution in [0.4, 0.5) is 0 Å². The predicted octanol–water partition coefficient (Wildman–Crippen LogP) is 2.27. The number of carbonyl (C=O) groups is 3. The molecule has 0 aliphatic carbocycles. The van der Waals surface area contributed by atoms with Crippen molar-refractivity contribution < 1.29 is 19.5 Å². The van der Waals surface area contributed by atoms with Gasteiger partial charge in [0.25, 0.3) is 0 Å². The smallest absolute Gasteiger partial charge is 0.372 e. The highest BCUT2D eigenvalue weighted by Crippen LogP contribution is 2.22. The fourth-order valence-electron chi connectivity index (χ4n) is 1.57. The van der Waals surface area contributed by atoms with E-state index in [9.17, 15) is 14.4 Å². The Labute approximate surface area is 119 Å². The molecule has 0 radical (unpaired) electrons. The van der Waals surface area contributed by atoms with E-state index in [1.807, 2.05) is 30.3 Å². The number of Topliss-reactive ketones (excluding diaryl/α,β-unsaturated/α-hetero) is 2. The number of aliphatic carboxylic acids is 1. The largest absolute Gasteiger partial charge is 0.475 e. The van der Waals surface area contributed by atoms with Crippen LogP contribution in [0.25, 0.3) is 0 Å². The van der Waals surface area contributed by atoms with E-state index >= 15 is 0 Å². The lowest BCUT2D eigenvalue weighted by Gasteiger charge is -2.06. The van der Waals surface area contributed by atoms with Crippen molar-refractivity contribution in [2.24, 2.45) is 0 Å². The Morgan fingerprint density at radius 3 is 2.40 bits per heavy atom. The fourth-order valence-corrected chi connectivity index (χ4v) is 2.47. The molecule has 0 aliphatic rings. The Bertz CT molecular complexity index is 648. The number of hydrogen-bond acceptors (Lipinski definition) is 4. The van der Waals surface area contributed by atoms with Gasteiger partial charge in [-0.3, -0.25) is 13.6 Å². The summed E-state index contributed by atoms with van der Waals surface area (Å²) >= 11 is 1.32. The highest BCUT2D eigenvalue weighted by molar-refractivity contribution is 7.97. The zero-order valence-corrected chi connectivity index (χ0v) is 11.2. The van der Waals surface area contributed by atoms with E-state index in [2.05, 4.69) is 0 Å². The number of nitrogens with zero attached hydrogens (tertiary/aromatic N) is 1. The maximum atomic E-state index is 11.9. The molecule has 0 aliphatic heterocycles. The van der Waals surface area contributed by atoms with Crippen molar-refractivity contribution >= 4 is 29.5 Å². The second-order valence-corrected chi connectivity index (χ2v) is 5.00. The van der Waals surface area contributed by atoms with Crippen LogP contribution >= 0.6 is 11.9 Å². The highest BCUT2D eigenvalue weighted by atomic mass is 32.2. The molecule has 0 spiro atoms. The maximum Gasteiger partial charge on any atom is 0.372 e. The third kappa shape index (κ3) is 3.36. The molecule has 102 valence electrons. The van der Waals surface area contributed by atoms with Crippen LogP contribution in [-0.4, -0.2) is 26.6 Å². The minimum atomic E-state index is -1.59. The van der Waals surface area contributed by atoms with Crippen molar-refractivity contribution in [1.82, 2.24) is 3.97 Å². The molecule has 0 saturated heterocycles. The first-order valence-corrected chi connectivity index (χ1v) is 6.55. The Balaban J connectivity index is 2.14. The van der Waals surface area contributed by atoms with Crippen molar-refractivity contribution in [3.63, 3.8) is 0 Å². The number of aromatic nitrogens is 1. The van der Waals surface area contributed by atoms with Gasteiger partial charge in [0.2, 0.25) is 5.78 Å². The number of rotatable bonds is 6. The van der Waals surface area contributed by atoms with Gasteiger partial charge in [0, 0.05) is 11.1 Å². The van der Waals surface area contributed by atoms with Crippen LogP contribution in [0.3, 0.4) is 0 Å². The van der Waals surface area contributed by atoms with Gasteiger partial charge in [-0.25, -0.2) is 4.79 Å². The lowest BCUT2D eigenvalue weighted by molar-refractivity contribution is -0.148. The second kappa shape index (κ2) is 6.21. The minimum Gasteiger partial charge on any atom is -0.475 e. The van der Waals surface area contributed by atoms with Gasteiger partial charge in [-0.1, -0.05) is 18.2 Å². The third-order valence-electron chi connectivity index (χ3n) is 2.51. The number of carboxylic acids is 1. The van der Waals surface area contributed by atoms with Gasteiger partial charge < -0.3 is 5.11 Å². The van der Waals surface area contributed by atoms with Crippen molar-refractivity contribution in [3.8, 4) is 0 Å². The molecule has 5 nitrogen and oxygen atoms in total. The maximum absolute atomic E-state index is 11.9. The van der Waals surface area contributed by atoms with Crippen LogP contribution in [0, 0.1) is 0 Å². The molecule has 0 fully saturated rings. The van der Waals surface area contributed by atoms with Crippen molar-refractivity contribution in [2.75, 3.05) is 0 Å². The fraction of sp³-hybridized carbons (Fsp3) is 0.0714. The van der Waals surface area contributed by atoms with Crippen LogP contribution in [-0.2, 0) is 9.59 Å². The van der Waals surface area contributed by atoms with Gasteiger partial charge in [0.1, 0.15) is 0 Å². The van der Waals surface area contributed by atoms with E-state index in [1.165, 1.54) is 11.9 Å². The van der Waals surface area contributed by atoms with Crippen LogP contribution in [0.1, 0.15) is 16.9 Å². The molecule has 1 aromatic heterocycles. The molecular weight excluding hydrogens is 278 g/mol. The Hall–Kier alpha value is -2.34. The third-order valence-corrected chi connectivity index (χ3v) is 3.50. The van der Waals surface area contributed by atoms with E-state index in [-0.39, 0.29) is 0 Å². The van der Waals surface area contributed by atoms with E-state index in [1.54, 1.807) is 22.3 Å². The van der Waals surface area contributed by atoms with Crippen molar-refractivity contribution in [2.45, 2.75) is 11.3 Å². The average molecular weight is 289 g/mol. The Kier molecular flexibility index (Phi) is 4.37. The van der Waals surface area contributed by atoms with Crippen molar-refractivity contribution in [1.29, 1.82) is 0 Å². The summed E-state index contributed by atoms with van der Waals surface area (Å²) in [6, 6.07) is 12.7. The van der Waals surface area contributed by atoms with Gasteiger partial charge >= 0.3 is 5.97 Å². The summed E-state index contributed by atoms with van der Waals surface area (Å²) in [5.74, 6) is -3.20. The summed E-state index contributed by atoms with van der Waals surface area (Å²) in [6.07, 6.45) is 1.06. The predicted molar refractivity (Wildman–Crippen MR) is 73.7 cm³/mol. The molecule has 1 heterocycles. The van der Waals surface area contributed by atoms with Gasteiger partial charge in [-0.2, -0.15) is 0 Å². The Morgan fingerprint density at radius 1 is 1.05 bits per heavy atom. The van der Waals surface area contributed by atoms with E-state index in [4.69, 9.17) is 5.11 Å².